The summed E-state index contributed by atoms with van der Waals surface area (Å²) in [6.45, 7) is 2.13. The zero-order valence-electron chi connectivity index (χ0n) is 14.3. The lowest BCUT2D eigenvalue weighted by Gasteiger charge is -2.10. The van der Waals surface area contributed by atoms with E-state index in [2.05, 4.69) is 33.3 Å². The van der Waals surface area contributed by atoms with Gasteiger partial charge in [-0.1, -0.05) is 37.6 Å². The molecule has 0 unspecified atom stereocenters. The molecule has 0 radical (unpaired) electrons. The molecule has 0 bridgehead atoms. The molecular weight excluding hydrogens is 352 g/mol. The van der Waals surface area contributed by atoms with Crippen molar-refractivity contribution in [1.29, 1.82) is 0 Å². The van der Waals surface area contributed by atoms with Crippen molar-refractivity contribution in [3.05, 3.63) is 35.6 Å². The Bertz CT molecular complexity index is 707. The van der Waals surface area contributed by atoms with Crippen molar-refractivity contribution in [2.24, 2.45) is 5.92 Å². The fourth-order valence-electron chi connectivity index (χ4n) is 2.84. The molecule has 2 heterocycles. The molecule has 1 fully saturated rings. The number of rotatable bonds is 7. The van der Waals surface area contributed by atoms with Crippen molar-refractivity contribution in [1.82, 2.24) is 15.0 Å². The Hall–Kier alpha value is -1.73. The summed E-state index contributed by atoms with van der Waals surface area (Å²) in [7, 11) is 0. The number of hydrogen-bond acceptors (Lipinski definition) is 6. The van der Waals surface area contributed by atoms with E-state index in [0.717, 1.165) is 35.7 Å². The predicted molar refractivity (Wildman–Crippen MR) is 104 cm³/mol. The van der Waals surface area contributed by atoms with Crippen molar-refractivity contribution in [2.45, 2.75) is 44.2 Å². The van der Waals surface area contributed by atoms with Crippen LogP contribution in [0.2, 0.25) is 0 Å². The minimum Gasteiger partial charge on any atom is -0.298 e. The van der Waals surface area contributed by atoms with Crippen LogP contribution in [0.15, 0.2) is 35.2 Å². The van der Waals surface area contributed by atoms with Crippen LogP contribution in [-0.2, 0) is 4.79 Å². The Morgan fingerprint density at radius 3 is 2.72 bits per heavy atom. The first-order valence-electron chi connectivity index (χ1n) is 8.64. The first-order chi connectivity index (χ1) is 12.3. The van der Waals surface area contributed by atoms with E-state index in [1.807, 2.05) is 5.38 Å². The maximum absolute atomic E-state index is 12.8. The number of hydrogen-bond donors (Lipinski definition) is 1. The van der Waals surface area contributed by atoms with Crippen molar-refractivity contribution in [3.63, 3.8) is 0 Å². The van der Waals surface area contributed by atoms with Crippen molar-refractivity contribution in [3.8, 4) is 0 Å². The second kappa shape index (κ2) is 9.10. The zero-order chi connectivity index (χ0) is 17.5. The van der Waals surface area contributed by atoms with Crippen molar-refractivity contribution in [2.75, 3.05) is 11.1 Å². The van der Waals surface area contributed by atoms with Gasteiger partial charge in [-0.25, -0.2) is 15.0 Å². The van der Waals surface area contributed by atoms with Crippen molar-refractivity contribution >= 4 is 39.7 Å². The summed E-state index contributed by atoms with van der Waals surface area (Å²) in [4.78, 5) is 25.7. The van der Waals surface area contributed by atoms with Gasteiger partial charge in [0.05, 0.1) is 0 Å². The van der Waals surface area contributed by atoms with Crippen LogP contribution in [0.4, 0.5) is 5.13 Å². The van der Waals surface area contributed by atoms with E-state index < -0.39 is 0 Å². The van der Waals surface area contributed by atoms with Gasteiger partial charge in [0.25, 0.3) is 5.91 Å². The Labute approximate surface area is 156 Å². The molecule has 2 aromatic rings. The second-order valence-electron chi connectivity index (χ2n) is 6.02. The molecule has 0 spiro atoms. The summed E-state index contributed by atoms with van der Waals surface area (Å²) in [5, 5.41) is 6.09. The van der Waals surface area contributed by atoms with Gasteiger partial charge in [0, 0.05) is 40.9 Å². The number of amides is 1. The highest BCUT2D eigenvalue weighted by Gasteiger charge is 2.19. The fourth-order valence-corrected chi connectivity index (χ4v) is 4.00. The monoisotopic (exact) mass is 374 g/mol. The molecule has 1 amide bonds. The fraction of sp³-hybridized carbons (Fsp3) is 0.444. The first-order valence-corrected chi connectivity index (χ1v) is 10.5. The van der Waals surface area contributed by atoms with E-state index in [0.29, 0.717) is 16.6 Å². The average Bonchev–Trinajstić information content (AvgIpc) is 3.32. The van der Waals surface area contributed by atoms with Gasteiger partial charge in [0.15, 0.2) is 10.3 Å². The summed E-state index contributed by atoms with van der Waals surface area (Å²) >= 11 is 3.05. The molecule has 0 aromatic carbocycles. The highest BCUT2D eigenvalue weighted by Crippen LogP contribution is 2.30. The van der Waals surface area contributed by atoms with E-state index >= 15 is 0 Å². The van der Waals surface area contributed by atoms with Crippen LogP contribution >= 0.6 is 23.1 Å². The smallest absolute Gasteiger partial charge is 0.257 e. The number of nitrogens with zero attached hydrogens (tertiary/aromatic N) is 3. The van der Waals surface area contributed by atoms with E-state index in [1.165, 1.54) is 24.2 Å². The third-order valence-electron chi connectivity index (χ3n) is 4.07. The Morgan fingerprint density at radius 2 is 2.08 bits per heavy atom. The Morgan fingerprint density at radius 1 is 1.32 bits per heavy atom. The summed E-state index contributed by atoms with van der Waals surface area (Å²) in [6.07, 6.45) is 13.1. The van der Waals surface area contributed by atoms with E-state index in [4.69, 9.17) is 0 Å². The molecule has 5 nitrogen and oxygen atoms in total. The minimum atomic E-state index is -0.139. The molecule has 0 saturated heterocycles. The lowest BCUT2D eigenvalue weighted by atomic mass is 10.00. The standard InChI is InChI=1S/C18H22N4OS2/c1-2-8-24-17-20-11-14(12-21-17)15(10-13-5-3-4-6-13)16(23)22-18-19-7-9-25-18/h7,9-13H,2-6,8H2,1H3,(H,19,22,23). The van der Waals surface area contributed by atoms with E-state index in [9.17, 15) is 4.79 Å². The number of allylic oxidation sites excluding steroid dienone is 1. The molecule has 132 valence electrons. The van der Waals surface area contributed by atoms with Gasteiger partial charge < -0.3 is 0 Å². The van der Waals surface area contributed by atoms with Crippen LogP contribution in [0.25, 0.3) is 5.57 Å². The summed E-state index contributed by atoms with van der Waals surface area (Å²) < 4.78 is 0. The predicted octanol–water partition coefficient (Wildman–Crippen LogP) is 4.65. The minimum absolute atomic E-state index is 0.139. The third-order valence-corrected chi connectivity index (χ3v) is 5.84. The van der Waals surface area contributed by atoms with Crippen LogP contribution < -0.4 is 5.32 Å². The topological polar surface area (TPSA) is 67.8 Å². The molecule has 1 aliphatic rings. The van der Waals surface area contributed by atoms with Gasteiger partial charge in [-0.2, -0.15) is 0 Å². The number of nitrogens with one attached hydrogen (secondary N) is 1. The van der Waals surface area contributed by atoms with E-state index in [-0.39, 0.29) is 5.91 Å². The van der Waals surface area contributed by atoms with Crippen LogP contribution in [0, 0.1) is 5.92 Å². The van der Waals surface area contributed by atoms with Crippen LogP contribution in [0.5, 0.6) is 0 Å². The Kier molecular flexibility index (Phi) is 6.58. The highest BCUT2D eigenvalue weighted by molar-refractivity contribution is 7.99. The van der Waals surface area contributed by atoms with Gasteiger partial charge in [0.2, 0.25) is 0 Å². The largest absolute Gasteiger partial charge is 0.298 e. The zero-order valence-corrected chi connectivity index (χ0v) is 15.9. The number of thioether (sulfide) groups is 1. The van der Waals surface area contributed by atoms with E-state index in [1.54, 1.807) is 30.4 Å². The van der Waals surface area contributed by atoms with Gasteiger partial charge in [-0.05, 0) is 25.2 Å². The number of anilines is 1. The van der Waals surface area contributed by atoms with Crippen LogP contribution in [0.1, 0.15) is 44.6 Å². The summed E-state index contributed by atoms with van der Waals surface area (Å²) in [6, 6.07) is 0. The molecular formula is C18H22N4OS2. The lowest BCUT2D eigenvalue weighted by molar-refractivity contribution is -0.111. The van der Waals surface area contributed by atoms with Crippen LogP contribution in [0.3, 0.4) is 0 Å². The molecule has 1 saturated carbocycles. The van der Waals surface area contributed by atoms with Gasteiger partial charge in [-0.15, -0.1) is 11.3 Å². The first kappa shape index (κ1) is 18.1. The normalized spacial score (nSPS) is 15.5. The summed E-state index contributed by atoms with van der Waals surface area (Å²) in [5.41, 5.74) is 1.41. The van der Waals surface area contributed by atoms with Gasteiger partial charge >= 0.3 is 0 Å². The number of aromatic nitrogens is 3. The molecule has 7 heteroatoms. The van der Waals surface area contributed by atoms with Gasteiger partial charge in [-0.3, -0.25) is 10.1 Å². The quantitative estimate of drug-likeness (QED) is 0.434. The Balaban J connectivity index is 1.81. The van der Waals surface area contributed by atoms with Crippen LogP contribution in [-0.4, -0.2) is 26.6 Å². The molecule has 2 aromatic heterocycles. The molecule has 0 aliphatic heterocycles. The maximum Gasteiger partial charge on any atom is 0.257 e. The average molecular weight is 375 g/mol. The van der Waals surface area contributed by atoms with Crippen molar-refractivity contribution < 1.29 is 4.79 Å². The highest BCUT2D eigenvalue weighted by atomic mass is 32.2. The lowest BCUT2D eigenvalue weighted by Crippen LogP contribution is -2.15. The third kappa shape index (κ3) is 5.12. The molecule has 1 aliphatic carbocycles. The molecule has 0 atom stereocenters. The molecule has 25 heavy (non-hydrogen) atoms. The molecule has 1 N–H and O–H groups in total. The molecule has 3 rings (SSSR count). The maximum atomic E-state index is 12.8. The SMILES string of the molecule is CCCSc1ncc(C(=CC2CCCC2)C(=O)Nc2nccs2)cn1. The number of thiazole rings is 1. The second-order valence-corrected chi connectivity index (χ2v) is 7.98. The summed E-state index contributed by atoms with van der Waals surface area (Å²) in [5.74, 6) is 1.31. The number of carbonyl (C=O) groups is 1. The van der Waals surface area contributed by atoms with Gasteiger partial charge in [0.1, 0.15) is 0 Å². The number of carbonyl (C=O) groups excluding carboxylic acids is 1.